The van der Waals surface area contributed by atoms with Crippen LogP contribution in [0.5, 0.6) is 0 Å². The Balaban J connectivity index is 2.37. The first-order valence-corrected chi connectivity index (χ1v) is 5.14. The molecule has 0 aromatic heterocycles. The van der Waals surface area contributed by atoms with Crippen LogP contribution in [0.15, 0.2) is 0 Å². The van der Waals surface area contributed by atoms with Crippen LogP contribution in [-0.4, -0.2) is 42.4 Å². The summed E-state index contributed by atoms with van der Waals surface area (Å²) in [6.07, 6.45) is 1.13. The van der Waals surface area contributed by atoms with Gasteiger partial charge in [-0.1, -0.05) is 20.8 Å². The van der Waals surface area contributed by atoms with Crippen LogP contribution in [0.1, 0.15) is 27.2 Å². The number of hydrogen-bond acceptors (Lipinski definition) is 3. The molecule has 1 saturated heterocycles. The standard InChI is InChI=1S/C10H20N2O/c1-4-5-12-6-9(10(13)7-12)11-8(2)3/h8-9,11H,4-7H2,1-3H3/t9-/m1/s1. The Bertz CT molecular complexity index is 180. The maximum atomic E-state index is 11.5. The summed E-state index contributed by atoms with van der Waals surface area (Å²) in [7, 11) is 0. The summed E-state index contributed by atoms with van der Waals surface area (Å²) in [6, 6.07) is 0.474. The molecule has 3 nitrogen and oxygen atoms in total. The number of rotatable bonds is 4. The minimum Gasteiger partial charge on any atom is -0.304 e. The Hall–Kier alpha value is -0.410. The molecule has 0 aromatic rings. The van der Waals surface area contributed by atoms with E-state index in [1.807, 2.05) is 0 Å². The van der Waals surface area contributed by atoms with E-state index in [2.05, 4.69) is 31.0 Å². The lowest BCUT2D eigenvalue weighted by Gasteiger charge is -2.16. The quantitative estimate of drug-likeness (QED) is 0.696. The van der Waals surface area contributed by atoms with E-state index in [1.165, 1.54) is 0 Å². The van der Waals surface area contributed by atoms with Gasteiger partial charge in [-0.2, -0.15) is 0 Å². The average Bonchev–Trinajstić information content (AvgIpc) is 2.31. The number of nitrogens with one attached hydrogen (secondary N) is 1. The van der Waals surface area contributed by atoms with Gasteiger partial charge >= 0.3 is 0 Å². The summed E-state index contributed by atoms with van der Waals surface area (Å²) >= 11 is 0. The second kappa shape index (κ2) is 4.72. The second-order valence-corrected chi connectivity index (χ2v) is 4.08. The van der Waals surface area contributed by atoms with Gasteiger partial charge in [0, 0.05) is 12.6 Å². The zero-order chi connectivity index (χ0) is 9.84. The van der Waals surface area contributed by atoms with Crippen molar-refractivity contribution in [3.8, 4) is 0 Å². The molecule has 76 valence electrons. The van der Waals surface area contributed by atoms with E-state index in [9.17, 15) is 4.79 Å². The third-order valence-corrected chi connectivity index (χ3v) is 2.28. The monoisotopic (exact) mass is 184 g/mol. The number of carbonyl (C=O) groups excluding carboxylic acids is 1. The molecule has 0 radical (unpaired) electrons. The van der Waals surface area contributed by atoms with Crippen molar-refractivity contribution in [3.05, 3.63) is 0 Å². The smallest absolute Gasteiger partial charge is 0.164 e. The van der Waals surface area contributed by atoms with Crippen LogP contribution in [0.4, 0.5) is 0 Å². The molecule has 13 heavy (non-hydrogen) atoms. The van der Waals surface area contributed by atoms with Crippen LogP contribution < -0.4 is 5.32 Å². The fourth-order valence-corrected chi connectivity index (χ4v) is 1.79. The number of hydrogen-bond donors (Lipinski definition) is 1. The Morgan fingerprint density at radius 3 is 2.85 bits per heavy atom. The van der Waals surface area contributed by atoms with E-state index in [1.54, 1.807) is 0 Å². The summed E-state index contributed by atoms with van der Waals surface area (Å²) in [4.78, 5) is 13.7. The van der Waals surface area contributed by atoms with Gasteiger partial charge in [0.05, 0.1) is 12.6 Å². The molecular formula is C10H20N2O. The molecular weight excluding hydrogens is 164 g/mol. The van der Waals surface area contributed by atoms with Crippen LogP contribution >= 0.6 is 0 Å². The van der Waals surface area contributed by atoms with Crippen molar-refractivity contribution in [1.82, 2.24) is 10.2 Å². The average molecular weight is 184 g/mol. The predicted octanol–water partition coefficient (Wildman–Crippen LogP) is 0.648. The largest absolute Gasteiger partial charge is 0.304 e. The normalized spacial score (nSPS) is 24.6. The molecule has 0 spiro atoms. The zero-order valence-electron chi connectivity index (χ0n) is 8.84. The fraction of sp³-hybridized carbons (Fsp3) is 0.900. The molecule has 0 unspecified atom stereocenters. The van der Waals surface area contributed by atoms with Crippen molar-refractivity contribution >= 4 is 5.78 Å². The summed E-state index contributed by atoms with van der Waals surface area (Å²) in [5.41, 5.74) is 0. The molecule has 0 amide bonds. The third kappa shape index (κ3) is 3.08. The first kappa shape index (κ1) is 10.7. The molecule has 1 aliphatic heterocycles. The number of carbonyl (C=O) groups is 1. The Kier molecular flexibility index (Phi) is 3.88. The number of Topliss-reactive ketones (excluding diaryl/α,β-unsaturated/α-hetero) is 1. The van der Waals surface area contributed by atoms with E-state index >= 15 is 0 Å². The first-order chi connectivity index (χ1) is 6.13. The van der Waals surface area contributed by atoms with Crippen molar-refractivity contribution in [2.45, 2.75) is 39.3 Å². The molecule has 0 saturated carbocycles. The molecule has 1 aliphatic rings. The zero-order valence-corrected chi connectivity index (χ0v) is 8.84. The van der Waals surface area contributed by atoms with Crippen LogP contribution in [0.3, 0.4) is 0 Å². The number of likely N-dealkylation sites (tertiary alicyclic amines) is 1. The van der Waals surface area contributed by atoms with E-state index in [-0.39, 0.29) is 6.04 Å². The van der Waals surface area contributed by atoms with Crippen molar-refractivity contribution in [3.63, 3.8) is 0 Å². The number of ketones is 1. The van der Waals surface area contributed by atoms with E-state index in [0.717, 1.165) is 19.5 Å². The highest BCUT2D eigenvalue weighted by atomic mass is 16.1. The third-order valence-electron chi connectivity index (χ3n) is 2.28. The minimum absolute atomic E-state index is 0.0755. The Labute approximate surface area is 80.5 Å². The molecule has 1 fully saturated rings. The second-order valence-electron chi connectivity index (χ2n) is 4.08. The molecule has 1 N–H and O–H groups in total. The lowest BCUT2D eigenvalue weighted by Crippen LogP contribution is -2.40. The van der Waals surface area contributed by atoms with Crippen molar-refractivity contribution in [2.24, 2.45) is 0 Å². The molecule has 1 heterocycles. The maximum absolute atomic E-state index is 11.5. The molecule has 1 atom stereocenters. The SMILES string of the molecule is CCCN1CC(=O)[C@H](NC(C)C)C1. The molecule has 0 aromatic carbocycles. The highest BCUT2D eigenvalue weighted by Crippen LogP contribution is 2.06. The van der Waals surface area contributed by atoms with E-state index < -0.39 is 0 Å². The molecule has 0 bridgehead atoms. The van der Waals surface area contributed by atoms with Gasteiger partial charge in [-0.25, -0.2) is 0 Å². The van der Waals surface area contributed by atoms with Gasteiger partial charge in [0.1, 0.15) is 0 Å². The maximum Gasteiger partial charge on any atom is 0.164 e. The van der Waals surface area contributed by atoms with Crippen LogP contribution in [0, 0.1) is 0 Å². The summed E-state index contributed by atoms with van der Waals surface area (Å²) < 4.78 is 0. The number of nitrogens with zero attached hydrogens (tertiary/aromatic N) is 1. The lowest BCUT2D eigenvalue weighted by molar-refractivity contribution is -0.118. The van der Waals surface area contributed by atoms with Gasteiger partial charge in [-0.3, -0.25) is 9.69 Å². The minimum atomic E-state index is 0.0755. The Morgan fingerprint density at radius 2 is 2.31 bits per heavy atom. The summed E-state index contributed by atoms with van der Waals surface area (Å²) in [6.45, 7) is 8.88. The van der Waals surface area contributed by atoms with Crippen molar-refractivity contribution in [1.29, 1.82) is 0 Å². The van der Waals surface area contributed by atoms with Crippen molar-refractivity contribution in [2.75, 3.05) is 19.6 Å². The van der Waals surface area contributed by atoms with E-state index in [0.29, 0.717) is 18.4 Å². The van der Waals surface area contributed by atoms with Gasteiger partial charge in [0.15, 0.2) is 5.78 Å². The van der Waals surface area contributed by atoms with Crippen LogP contribution in [0.25, 0.3) is 0 Å². The fourth-order valence-electron chi connectivity index (χ4n) is 1.79. The lowest BCUT2D eigenvalue weighted by atomic mass is 10.2. The Morgan fingerprint density at radius 1 is 1.62 bits per heavy atom. The molecule has 1 rings (SSSR count). The van der Waals surface area contributed by atoms with Crippen LogP contribution in [0.2, 0.25) is 0 Å². The van der Waals surface area contributed by atoms with Gasteiger partial charge in [0.2, 0.25) is 0 Å². The van der Waals surface area contributed by atoms with Crippen molar-refractivity contribution < 1.29 is 4.79 Å². The highest BCUT2D eigenvalue weighted by Gasteiger charge is 2.29. The van der Waals surface area contributed by atoms with Crippen LogP contribution in [-0.2, 0) is 4.79 Å². The predicted molar refractivity (Wildman–Crippen MR) is 53.8 cm³/mol. The molecule has 0 aliphatic carbocycles. The summed E-state index contributed by atoms with van der Waals surface area (Å²) in [5, 5.41) is 3.29. The van der Waals surface area contributed by atoms with E-state index in [4.69, 9.17) is 0 Å². The molecule has 3 heteroatoms. The topological polar surface area (TPSA) is 32.3 Å². The first-order valence-electron chi connectivity index (χ1n) is 5.14. The van der Waals surface area contributed by atoms with Gasteiger partial charge in [-0.05, 0) is 13.0 Å². The summed E-state index contributed by atoms with van der Waals surface area (Å²) in [5.74, 6) is 0.349. The van der Waals surface area contributed by atoms with Gasteiger partial charge in [-0.15, -0.1) is 0 Å². The highest BCUT2D eigenvalue weighted by molar-refractivity contribution is 5.88. The van der Waals surface area contributed by atoms with Gasteiger partial charge in [0.25, 0.3) is 0 Å². The van der Waals surface area contributed by atoms with Gasteiger partial charge < -0.3 is 5.32 Å².